The van der Waals surface area contributed by atoms with Gasteiger partial charge in [-0.05, 0) is 11.8 Å². The highest BCUT2D eigenvalue weighted by atomic mass is 16.6. The summed E-state index contributed by atoms with van der Waals surface area (Å²) >= 11 is 0. The number of aromatic nitrogens is 2. The molecule has 0 bridgehead atoms. The number of ether oxygens (including phenoxy) is 1. The molecule has 0 aliphatic rings. The number of carbonyl (C=O) groups is 1. The lowest BCUT2D eigenvalue weighted by Crippen LogP contribution is -2.18. The molecule has 1 rings (SSSR count). The van der Waals surface area contributed by atoms with Gasteiger partial charge in [0.1, 0.15) is 0 Å². The van der Waals surface area contributed by atoms with Crippen LogP contribution in [0.25, 0.3) is 0 Å². The zero-order valence-corrected chi connectivity index (χ0v) is 7.71. The van der Waals surface area contributed by atoms with Crippen molar-refractivity contribution in [1.29, 1.82) is 0 Å². The fraction of sp³-hybridized carbons (Fsp3) is 0.429. The van der Waals surface area contributed by atoms with Crippen LogP contribution >= 0.6 is 0 Å². The predicted molar refractivity (Wildman–Crippen MR) is 45.6 cm³/mol. The normalized spacial score (nSPS) is 12.1. The van der Waals surface area contributed by atoms with Crippen LogP contribution in [0.2, 0.25) is 0 Å². The number of rotatable bonds is 3. The van der Waals surface area contributed by atoms with E-state index in [4.69, 9.17) is 0 Å². The first kappa shape index (κ1) is 10.2. The van der Waals surface area contributed by atoms with Gasteiger partial charge in [-0.15, -0.1) is 0 Å². The van der Waals surface area contributed by atoms with Crippen LogP contribution in [-0.4, -0.2) is 27.8 Å². The Labute approximate surface area is 79.4 Å². The highest BCUT2D eigenvalue weighted by Crippen LogP contribution is 2.11. The Morgan fingerprint density at radius 1 is 1.79 bits per heavy atom. The molecule has 1 unspecified atom stereocenters. The maximum Gasteiger partial charge on any atom is 0.389 e. The molecule has 0 fully saturated rings. The van der Waals surface area contributed by atoms with E-state index in [9.17, 15) is 14.9 Å². The third-order valence-electron chi connectivity index (χ3n) is 1.72. The second-order valence-corrected chi connectivity index (χ2v) is 2.61. The molecule has 0 aromatic carbocycles. The Morgan fingerprint density at radius 3 is 2.86 bits per heavy atom. The molecule has 0 radical (unpaired) electrons. The van der Waals surface area contributed by atoms with Gasteiger partial charge in [-0.2, -0.15) is 4.68 Å². The van der Waals surface area contributed by atoms with E-state index in [-0.39, 0.29) is 5.82 Å². The van der Waals surface area contributed by atoms with Gasteiger partial charge in [-0.3, -0.25) is 0 Å². The van der Waals surface area contributed by atoms with Crippen LogP contribution in [-0.2, 0) is 9.53 Å². The third kappa shape index (κ3) is 1.87. The second kappa shape index (κ2) is 3.86. The summed E-state index contributed by atoms with van der Waals surface area (Å²) in [5.41, 5.74) is 0. The van der Waals surface area contributed by atoms with E-state index >= 15 is 0 Å². The summed E-state index contributed by atoms with van der Waals surface area (Å²) in [6.45, 7) is 1.54. The molecular formula is C7H9N3O4. The molecule has 1 aromatic rings. The van der Waals surface area contributed by atoms with Crippen molar-refractivity contribution in [1.82, 2.24) is 9.78 Å². The van der Waals surface area contributed by atoms with Crippen molar-refractivity contribution in [3.05, 3.63) is 22.4 Å². The molecule has 7 heteroatoms. The molecule has 0 saturated carbocycles. The van der Waals surface area contributed by atoms with Crippen molar-refractivity contribution in [2.45, 2.75) is 13.0 Å². The molecule has 1 atom stereocenters. The fourth-order valence-corrected chi connectivity index (χ4v) is 0.920. The molecule has 14 heavy (non-hydrogen) atoms. The van der Waals surface area contributed by atoms with Crippen LogP contribution in [0.3, 0.4) is 0 Å². The van der Waals surface area contributed by atoms with Gasteiger partial charge in [0.25, 0.3) is 0 Å². The Balaban J connectivity index is 2.86. The number of nitro groups is 1. The van der Waals surface area contributed by atoms with E-state index in [0.717, 1.165) is 0 Å². The highest BCUT2D eigenvalue weighted by molar-refractivity contribution is 5.73. The molecule has 1 heterocycles. The number of hydrogen-bond acceptors (Lipinski definition) is 5. The van der Waals surface area contributed by atoms with E-state index in [2.05, 4.69) is 9.84 Å². The Hall–Kier alpha value is -1.92. The standard InChI is InChI=1S/C7H9N3O4/c1-5(7(11)14-2)9-4-3-6(8-9)10(12)13/h3-5H,1-2H3. The maximum atomic E-state index is 11.0. The van der Waals surface area contributed by atoms with Crippen molar-refractivity contribution >= 4 is 11.8 Å². The van der Waals surface area contributed by atoms with Gasteiger partial charge in [-0.1, -0.05) is 0 Å². The van der Waals surface area contributed by atoms with E-state index in [0.29, 0.717) is 0 Å². The summed E-state index contributed by atoms with van der Waals surface area (Å²) in [5.74, 6) is -0.788. The Morgan fingerprint density at radius 2 is 2.43 bits per heavy atom. The zero-order chi connectivity index (χ0) is 10.7. The lowest BCUT2D eigenvalue weighted by atomic mass is 10.3. The van der Waals surface area contributed by atoms with Crippen molar-refractivity contribution in [2.75, 3.05) is 7.11 Å². The SMILES string of the molecule is COC(=O)C(C)n1ccc([N+](=O)[O-])n1. The minimum absolute atomic E-state index is 0.291. The largest absolute Gasteiger partial charge is 0.467 e. The van der Waals surface area contributed by atoms with Gasteiger partial charge in [0.15, 0.2) is 6.04 Å². The van der Waals surface area contributed by atoms with Gasteiger partial charge < -0.3 is 14.9 Å². The van der Waals surface area contributed by atoms with Crippen LogP contribution in [0.5, 0.6) is 0 Å². The van der Waals surface area contributed by atoms with Gasteiger partial charge in [0, 0.05) is 0 Å². The monoisotopic (exact) mass is 199 g/mol. The molecule has 76 valence electrons. The molecule has 7 nitrogen and oxygen atoms in total. The van der Waals surface area contributed by atoms with E-state index < -0.39 is 16.9 Å². The van der Waals surface area contributed by atoms with Crippen molar-refractivity contribution in [3.63, 3.8) is 0 Å². The molecule has 1 aromatic heterocycles. The van der Waals surface area contributed by atoms with E-state index in [1.165, 1.54) is 24.1 Å². The van der Waals surface area contributed by atoms with E-state index in [1.54, 1.807) is 6.92 Å². The van der Waals surface area contributed by atoms with E-state index in [1.807, 2.05) is 0 Å². The van der Waals surface area contributed by atoms with Gasteiger partial charge in [-0.25, -0.2) is 4.79 Å². The number of esters is 1. The molecule has 0 spiro atoms. The zero-order valence-electron chi connectivity index (χ0n) is 7.71. The number of carbonyl (C=O) groups excluding carboxylic acids is 1. The van der Waals surface area contributed by atoms with Gasteiger partial charge in [0.05, 0.1) is 24.5 Å². The highest BCUT2D eigenvalue weighted by Gasteiger charge is 2.21. The number of hydrogen-bond donors (Lipinski definition) is 0. The van der Waals surface area contributed by atoms with Crippen LogP contribution in [0, 0.1) is 10.1 Å². The quantitative estimate of drug-likeness (QED) is 0.402. The summed E-state index contributed by atoms with van der Waals surface area (Å²) in [6.07, 6.45) is 1.36. The first-order valence-electron chi connectivity index (χ1n) is 3.83. The summed E-state index contributed by atoms with van der Waals surface area (Å²) in [7, 11) is 1.25. The van der Waals surface area contributed by atoms with Crippen LogP contribution in [0.15, 0.2) is 12.3 Å². The molecule has 0 aliphatic carbocycles. The Bertz CT molecular complexity index is 360. The number of nitrogens with zero attached hydrogens (tertiary/aromatic N) is 3. The molecule has 0 aliphatic heterocycles. The first-order valence-corrected chi connectivity index (χ1v) is 3.83. The Kier molecular flexibility index (Phi) is 2.80. The average molecular weight is 199 g/mol. The van der Waals surface area contributed by atoms with Crippen molar-refractivity contribution in [3.8, 4) is 0 Å². The van der Waals surface area contributed by atoms with Gasteiger partial charge in [0.2, 0.25) is 0 Å². The lowest BCUT2D eigenvalue weighted by molar-refractivity contribution is -0.389. The summed E-state index contributed by atoms with van der Waals surface area (Å²) < 4.78 is 5.65. The summed E-state index contributed by atoms with van der Waals surface area (Å²) in [6, 6.07) is 0.563. The van der Waals surface area contributed by atoms with Crippen LogP contribution in [0.4, 0.5) is 5.82 Å². The van der Waals surface area contributed by atoms with Crippen LogP contribution in [0.1, 0.15) is 13.0 Å². The van der Waals surface area contributed by atoms with Crippen molar-refractivity contribution in [2.24, 2.45) is 0 Å². The average Bonchev–Trinajstić information content (AvgIpc) is 2.64. The minimum Gasteiger partial charge on any atom is -0.467 e. The topological polar surface area (TPSA) is 87.3 Å². The predicted octanol–water partition coefficient (Wildman–Crippen LogP) is 0.525. The maximum absolute atomic E-state index is 11.0. The second-order valence-electron chi connectivity index (χ2n) is 2.61. The first-order chi connectivity index (χ1) is 6.56. The van der Waals surface area contributed by atoms with Crippen molar-refractivity contribution < 1.29 is 14.5 Å². The molecule has 0 saturated heterocycles. The summed E-state index contributed by atoms with van der Waals surface area (Å²) in [4.78, 5) is 20.7. The fourth-order valence-electron chi connectivity index (χ4n) is 0.920. The number of methoxy groups -OCH3 is 1. The third-order valence-corrected chi connectivity index (χ3v) is 1.72. The molecule has 0 amide bonds. The molecule has 0 N–H and O–H groups in total. The minimum atomic E-state index is -0.659. The smallest absolute Gasteiger partial charge is 0.389 e. The van der Waals surface area contributed by atoms with Gasteiger partial charge >= 0.3 is 11.8 Å². The van der Waals surface area contributed by atoms with Crippen LogP contribution < -0.4 is 0 Å². The summed E-state index contributed by atoms with van der Waals surface area (Å²) in [5, 5.41) is 13.9. The molecular weight excluding hydrogens is 190 g/mol. The lowest BCUT2D eigenvalue weighted by Gasteiger charge is -2.04.